The van der Waals surface area contributed by atoms with Gasteiger partial charge in [0.1, 0.15) is 17.7 Å². The van der Waals surface area contributed by atoms with Crippen LogP contribution in [0.4, 0.5) is 10.1 Å². The molecule has 1 saturated heterocycles. The number of anilines is 1. The van der Waals surface area contributed by atoms with Crippen molar-refractivity contribution in [3.63, 3.8) is 0 Å². The molecule has 13 heavy (non-hydrogen) atoms. The van der Waals surface area contributed by atoms with E-state index in [4.69, 9.17) is 15.2 Å². The Morgan fingerprint density at radius 3 is 2.69 bits per heavy atom. The van der Waals surface area contributed by atoms with Crippen molar-refractivity contribution in [3.8, 4) is 5.75 Å². The quantitative estimate of drug-likeness (QED) is 0.700. The molecule has 2 N–H and O–H groups in total. The first-order valence-corrected chi connectivity index (χ1v) is 4.04. The Labute approximate surface area is 75.3 Å². The molecule has 1 heterocycles. The van der Waals surface area contributed by atoms with Gasteiger partial charge in [-0.15, -0.1) is 0 Å². The molecule has 1 aromatic carbocycles. The maximum atomic E-state index is 12.8. The molecule has 0 aromatic heterocycles. The van der Waals surface area contributed by atoms with Gasteiger partial charge in [-0.25, -0.2) is 4.39 Å². The number of hydrogen-bond donors (Lipinski definition) is 1. The number of benzene rings is 1. The van der Waals surface area contributed by atoms with E-state index < -0.39 is 0 Å². The van der Waals surface area contributed by atoms with Gasteiger partial charge in [-0.3, -0.25) is 0 Å². The van der Waals surface area contributed by atoms with Gasteiger partial charge in [0, 0.05) is 17.8 Å². The molecule has 0 saturated carbocycles. The lowest BCUT2D eigenvalue weighted by Gasteiger charge is -2.26. The molecule has 0 spiro atoms. The van der Waals surface area contributed by atoms with Gasteiger partial charge in [-0.05, 0) is 6.07 Å². The highest BCUT2D eigenvalue weighted by molar-refractivity contribution is 5.44. The van der Waals surface area contributed by atoms with Gasteiger partial charge < -0.3 is 15.2 Å². The zero-order chi connectivity index (χ0) is 9.26. The lowest BCUT2D eigenvalue weighted by atomic mass is 10.2. The van der Waals surface area contributed by atoms with Crippen molar-refractivity contribution < 1.29 is 13.9 Å². The van der Waals surface area contributed by atoms with E-state index in [1.807, 2.05) is 0 Å². The van der Waals surface area contributed by atoms with Crippen molar-refractivity contribution in [3.05, 3.63) is 24.0 Å². The molecule has 0 amide bonds. The summed E-state index contributed by atoms with van der Waals surface area (Å²) in [5, 5.41) is 0. The normalized spacial score (nSPS) is 16.7. The van der Waals surface area contributed by atoms with Crippen molar-refractivity contribution in [2.45, 2.75) is 6.10 Å². The van der Waals surface area contributed by atoms with Gasteiger partial charge >= 0.3 is 0 Å². The molecule has 70 valence electrons. The summed E-state index contributed by atoms with van der Waals surface area (Å²) < 4.78 is 23.1. The van der Waals surface area contributed by atoms with Gasteiger partial charge in [-0.1, -0.05) is 0 Å². The average molecular weight is 183 g/mol. The first-order chi connectivity index (χ1) is 6.24. The Hall–Kier alpha value is -1.29. The van der Waals surface area contributed by atoms with Crippen LogP contribution in [0.25, 0.3) is 0 Å². The van der Waals surface area contributed by atoms with E-state index in [1.54, 1.807) is 6.07 Å². The minimum atomic E-state index is -0.379. The third-order valence-electron chi connectivity index (χ3n) is 1.80. The Morgan fingerprint density at radius 1 is 1.38 bits per heavy atom. The Balaban J connectivity index is 2.10. The molecule has 3 nitrogen and oxygen atoms in total. The second-order valence-electron chi connectivity index (χ2n) is 3.00. The lowest BCUT2D eigenvalue weighted by Crippen LogP contribution is -2.38. The highest BCUT2D eigenvalue weighted by Gasteiger charge is 2.20. The van der Waals surface area contributed by atoms with Gasteiger partial charge in [0.2, 0.25) is 0 Å². The largest absolute Gasteiger partial charge is 0.485 e. The second-order valence-corrected chi connectivity index (χ2v) is 3.00. The summed E-state index contributed by atoms with van der Waals surface area (Å²) in [7, 11) is 0. The van der Waals surface area contributed by atoms with Crippen LogP contribution in [0.3, 0.4) is 0 Å². The molecule has 0 aliphatic carbocycles. The van der Waals surface area contributed by atoms with Crippen LogP contribution < -0.4 is 10.5 Å². The van der Waals surface area contributed by atoms with Crippen LogP contribution in [-0.2, 0) is 4.74 Å². The predicted octanol–water partition coefficient (Wildman–Crippen LogP) is 1.19. The summed E-state index contributed by atoms with van der Waals surface area (Å²) in [6.45, 7) is 1.13. The topological polar surface area (TPSA) is 44.5 Å². The van der Waals surface area contributed by atoms with Crippen LogP contribution in [0, 0.1) is 5.82 Å². The molecule has 1 aliphatic rings. The molecular weight excluding hydrogens is 173 g/mol. The third kappa shape index (κ3) is 1.89. The first kappa shape index (κ1) is 8.31. The highest BCUT2D eigenvalue weighted by Crippen LogP contribution is 2.20. The average Bonchev–Trinajstić information content (AvgIpc) is 1.95. The van der Waals surface area contributed by atoms with E-state index >= 15 is 0 Å². The van der Waals surface area contributed by atoms with Gasteiger partial charge in [0.15, 0.2) is 0 Å². The van der Waals surface area contributed by atoms with Crippen molar-refractivity contribution in [1.82, 2.24) is 0 Å². The van der Waals surface area contributed by atoms with E-state index in [-0.39, 0.29) is 11.9 Å². The standard InChI is InChI=1S/C9H10FNO2/c10-6-1-7(11)3-8(2-6)13-9-4-12-5-9/h1-3,9H,4-5,11H2. The van der Waals surface area contributed by atoms with Gasteiger partial charge in [0.05, 0.1) is 13.2 Å². The number of halogens is 1. The van der Waals surface area contributed by atoms with Crippen LogP contribution in [-0.4, -0.2) is 19.3 Å². The van der Waals surface area contributed by atoms with Crippen LogP contribution in [0.15, 0.2) is 18.2 Å². The van der Waals surface area contributed by atoms with Gasteiger partial charge in [-0.2, -0.15) is 0 Å². The third-order valence-corrected chi connectivity index (χ3v) is 1.80. The van der Waals surface area contributed by atoms with Gasteiger partial charge in [0.25, 0.3) is 0 Å². The van der Waals surface area contributed by atoms with Crippen LogP contribution >= 0.6 is 0 Å². The molecule has 0 radical (unpaired) electrons. The number of ether oxygens (including phenoxy) is 2. The summed E-state index contributed by atoms with van der Waals surface area (Å²) in [5.41, 5.74) is 5.81. The highest BCUT2D eigenvalue weighted by atomic mass is 19.1. The first-order valence-electron chi connectivity index (χ1n) is 4.04. The molecule has 0 atom stereocenters. The fraction of sp³-hybridized carbons (Fsp3) is 0.333. The van der Waals surface area contributed by atoms with Crippen LogP contribution in [0.5, 0.6) is 5.75 Å². The number of hydrogen-bond acceptors (Lipinski definition) is 3. The SMILES string of the molecule is Nc1cc(F)cc(OC2COC2)c1. The predicted molar refractivity (Wildman–Crippen MR) is 46.0 cm³/mol. The minimum Gasteiger partial charge on any atom is -0.485 e. The van der Waals surface area contributed by atoms with Crippen LogP contribution in [0.2, 0.25) is 0 Å². The van der Waals surface area contributed by atoms with Crippen molar-refractivity contribution in [2.75, 3.05) is 18.9 Å². The fourth-order valence-corrected chi connectivity index (χ4v) is 1.13. The zero-order valence-electron chi connectivity index (χ0n) is 7.00. The van der Waals surface area contributed by atoms with E-state index in [1.165, 1.54) is 12.1 Å². The Bertz CT molecular complexity index is 292. The summed E-state index contributed by atoms with van der Waals surface area (Å²) >= 11 is 0. The van der Waals surface area contributed by atoms with Crippen molar-refractivity contribution in [1.29, 1.82) is 0 Å². The maximum absolute atomic E-state index is 12.8. The Kier molecular flexibility index (Phi) is 2.06. The van der Waals surface area contributed by atoms with Crippen molar-refractivity contribution in [2.24, 2.45) is 0 Å². The van der Waals surface area contributed by atoms with Crippen LogP contribution in [0.1, 0.15) is 0 Å². The second kappa shape index (κ2) is 3.22. The maximum Gasteiger partial charge on any atom is 0.145 e. The molecule has 4 heteroatoms. The molecule has 0 unspecified atom stereocenters. The van der Waals surface area contributed by atoms with E-state index in [0.29, 0.717) is 24.7 Å². The number of nitrogen functional groups attached to an aromatic ring is 1. The number of rotatable bonds is 2. The lowest BCUT2D eigenvalue weighted by molar-refractivity contribution is -0.0797. The summed E-state index contributed by atoms with van der Waals surface area (Å²) in [4.78, 5) is 0. The van der Waals surface area contributed by atoms with E-state index in [2.05, 4.69) is 0 Å². The molecule has 1 aromatic rings. The Morgan fingerprint density at radius 2 is 2.15 bits per heavy atom. The molecule has 2 rings (SSSR count). The molecular formula is C9H10FNO2. The van der Waals surface area contributed by atoms with E-state index in [0.717, 1.165) is 0 Å². The monoisotopic (exact) mass is 183 g/mol. The molecule has 0 bridgehead atoms. The summed E-state index contributed by atoms with van der Waals surface area (Å²) in [6, 6.07) is 4.17. The minimum absolute atomic E-state index is 0.0428. The number of nitrogens with two attached hydrogens (primary N) is 1. The summed E-state index contributed by atoms with van der Waals surface area (Å²) in [6.07, 6.45) is 0.0428. The smallest absolute Gasteiger partial charge is 0.145 e. The van der Waals surface area contributed by atoms with Crippen molar-refractivity contribution >= 4 is 5.69 Å². The zero-order valence-corrected chi connectivity index (χ0v) is 7.00. The molecule has 1 aliphatic heterocycles. The molecule has 1 fully saturated rings. The fourth-order valence-electron chi connectivity index (χ4n) is 1.13. The van der Waals surface area contributed by atoms with E-state index in [9.17, 15) is 4.39 Å². The summed E-state index contributed by atoms with van der Waals surface area (Å²) in [5.74, 6) is 0.0843.